The molecule has 4 rings (SSSR count). The maximum Gasteiger partial charge on any atom is 0.435 e. The fraction of sp³-hybridized carbons (Fsp3) is 0.115. The van der Waals surface area contributed by atoms with E-state index in [0.29, 0.717) is 22.0 Å². The maximum absolute atomic E-state index is 13.3. The molecular weight excluding hydrogens is 507 g/mol. The molecule has 0 unspecified atom stereocenters. The van der Waals surface area contributed by atoms with Gasteiger partial charge >= 0.3 is 12.2 Å². The van der Waals surface area contributed by atoms with Crippen LogP contribution in [0.4, 0.5) is 35.0 Å². The zero-order chi connectivity index (χ0) is 26.7. The van der Waals surface area contributed by atoms with Gasteiger partial charge in [0.15, 0.2) is 5.69 Å². The molecule has 3 N–H and O–H groups in total. The first-order valence-corrected chi connectivity index (χ1v) is 11.4. The number of amides is 3. The van der Waals surface area contributed by atoms with E-state index in [1.165, 1.54) is 25.1 Å². The highest BCUT2D eigenvalue weighted by molar-refractivity contribution is 6.30. The van der Waals surface area contributed by atoms with Crippen molar-refractivity contribution in [2.24, 2.45) is 0 Å². The molecule has 0 bridgehead atoms. The maximum atomic E-state index is 13.3. The van der Waals surface area contributed by atoms with Crippen LogP contribution in [0.25, 0.3) is 5.69 Å². The lowest BCUT2D eigenvalue weighted by atomic mass is 10.2. The van der Waals surface area contributed by atoms with Crippen molar-refractivity contribution >= 4 is 40.6 Å². The average Bonchev–Trinajstić information content (AvgIpc) is 3.21. The Kier molecular flexibility index (Phi) is 7.21. The minimum atomic E-state index is -4.64. The van der Waals surface area contributed by atoms with Crippen molar-refractivity contribution in [1.82, 2.24) is 9.78 Å². The Morgan fingerprint density at radius 2 is 1.57 bits per heavy atom. The van der Waals surface area contributed by atoms with Gasteiger partial charge in [0.25, 0.3) is 5.91 Å². The van der Waals surface area contributed by atoms with Crippen molar-refractivity contribution in [3.05, 3.63) is 100 Å². The number of anilines is 3. The third-order valence-corrected chi connectivity index (χ3v) is 5.54. The minimum Gasteiger partial charge on any atom is -0.322 e. The van der Waals surface area contributed by atoms with Crippen molar-refractivity contribution in [2.45, 2.75) is 20.0 Å². The zero-order valence-corrected chi connectivity index (χ0v) is 20.4. The number of nitrogens with one attached hydrogen (secondary N) is 3. The Balaban J connectivity index is 1.67. The summed E-state index contributed by atoms with van der Waals surface area (Å²) in [7, 11) is 0. The van der Waals surface area contributed by atoms with Crippen LogP contribution in [0.2, 0.25) is 5.02 Å². The summed E-state index contributed by atoms with van der Waals surface area (Å²) in [5, 5.41) is 12.2. The average molecular weight is 528 g/mol. The van der Waals surface area contributed by atoms with Crippen LogP contribution in [0, 0.1) is 13.8 Å². The zero-order valence-electron chi connectivity index (χ0n) is 19.7. The van der Waals surface area contributed by atoms with E-state index in [1.54, 1.807) is 42.5 Å². The Hall–Kier alpha value is -4.31. The van der Waals surface area contributed by atoms with Crippen LogP contribution < -0.4 is 16.0 Å². The van der Waals surface area contributed by atoms with Crippen LogP contribution in [0.1, 0.15) is 27.3 Å². The molecule has 4 aromatic rings. The number of aromatic nitrogens is 2. The predicted molar refractivity (Wildman–Crippen MR) is 137 cm³/mol. The predicted octanol–water partition coefficient (Wildman–Crippen LogP) is 7.06. The summed E-state index contributed by atoms with van der Waals surface area (Å²) in [6.45, 7) is 3.34. The molecule has 0 aliphatic rings. The van der Waals surface area contributed by atoms with Gasteiger partial charge in [-0.3, -0.25) is 4.79 Å². The largest absolute Gasteiger partial charge is 0.435 e. The first-order valence-electron chi connectivity index (χ1n) is 11.0. The molecule has 3 amide bonds. The number of halogens is 4. The first-order chi connectivity index (χ1) is 17.5. The molecule has 0 saturated carbocycles. The number of alkyl halides is 3. The number of carbonyl (C=O) groups excluding carboxylic acids is 2. The number of urea groups is 1. The molecule has 0 aliphatic heterocycles. The smallest absolute Gasteiger partial charge is 0.322 e. The second-order valence-corrected chi connectivity index (χ2v) is 8.66. The fourth-order valence-electron chi connectivity index (χ4n) is 3.57. The highest BCUT2D eigenvalue weighted by Gasteiger charge is 2.34. The van der Waals surface area contributed by atoms with Crippen LogP contribution in [0.5, 0.6) is 0 Å². The fourth-order valence-corrected chi connectivity index (χ4v) is 3.69. The number of rotatable bonds is 5. The van der Waals surface area contributed by atoms with Gasteiger partial charge in [0.1, 0.15) is 0 Å². The van der Waals surface area contributed by atoms with Crippen LogP contribution in [0.15, 0.2) is 72.8 Å². The van der Waals surface area contributed by atoms with Crippen molar-refractivity contribution in [3.63, 3.8) is 0 Å². The Morgan fingerprint density at radius 1 is 0.865 bits per heavy atom. The summed E-state index contributed by atoms with van der Waals surface area (Å²) in [4.78, 5) is 25.4. The van der Waals surface area contributed by atoms with Crippen LogP contribution in [-0.2, 0) is 6.18 Å². The Bertz CT molecular complexity index is 1470. The van der Waals surface area contributed by atoms with E-state index in [1.807, 2.05) is 13.0 Å². The molecule has 0 atom stereocenters. The molecule has 1 aromatic heterocycles. The third-order valence-electron chi connectivity index (χ3n) is 5.29. The molecule has 0 saturated heterocycles. The minimum absolute atomic E-state index is 0.124. The molecule has 0 spiro atoms. The topological polar surface area (TPSA) is 88.0 Å². The molecule has 37 heavy (non-hydrogen) atoms. The van der Waals surface area contributed by atoms with E-state index in [9.17, 15) is 22.8 Å². The number of nitrogens with zero attached hydrogens (tertiary/aromatic N) is 2. The number of carbonyl (C=O) groups is 2. The normalized spacial score (nSPS) is 11.2. The third kappa shape index (κ3) is 6.28. The lowest BCUT2D eigenvalue weighted by molar-refractivity contribution is -0.141. The van der Waals surface area contributed by atoms with Crippen LogP contribution >= 0.6 is 11.6 Å². The van der Waals surface area contributed by atoms with Gasteiger partial charge in [-0.1, -0.05) is 23.7 Å². The van der Waals surface area contributed by atoms with Gasteiger partial charge in [-0.25, -0.2) is 9.48 Å². The van der Waals surface area contributed by atoms with Crippen molar-refractivity contribution in [3.8, 4) is 5.69 Å². The Morgan fingerprint density at radius 3 is 2.22 bits per heavy atom. The second-order valence-electron chi connectivity index (χ2n) is 8.22. The van der Waals surface area contributed by atoms with Crippen LogP contribution in [0.3, 0.4) is 0 Å². The van der Waals surface area contributed by atoms with Crippen molar-refractivity contribution in [1.29, 1.82) is 0 Å². The van der Waals surface area contributed by atoms with E-state index >= 15 is 0 Å². The van der Waals surface area contributed by atoms with Gasteiger partial charge in [0.05, 0.1) is 11.4 Å². The lowest BCUT2D eigenvalue weighted by Gasteiger charge is -2.16. The molecule has 7 nitrogen and oxygen atoms in total. The molecule has 11 heteroatoms. The SMILES string of the molecule is Cc1cccc(NC(=O)Nc2cc(NC(=O)c3ccc(Cl)cc3)ccc2-n2nc(C(F)(F)F)cc2C)c1. The van der Waals surface area contributed by atoms with Gasteiger partial charge in [0.2, 0.25) is 0 Å². The van der Waals surface area contributed by atoms with E-state index < -0.39 is 23.8 Å². The molecule has 0 fully saturated rings. The summed E-state index contributed by atoms with van der Waals surface area (Å²) >= 11 is 5.87. The standard InChI is InChI=1S/C26H21ClF3N5O2/c1-15-4-3-5-19(12-15)32-25(37)33-21-14-20(31-24(36)17-6-8-18(27)9-7-17)10-11-22(21)35-16(2)13-23(34-35)26(28,29)30/h3-14H,1-2H3,(H,31,36)(H2,32,33,37). The Labute approximate surface area is 215 Å². The van der Waals surface area contributed by atoms with Gasteiger partial charge in [-0.2, -0.15) is 18.3 Å². The van der Waals surface area contributed by atoms with Gasteiger partial charge in [0, 0.05) is 27.7 Å². The lowest BCUT2D eigenvalue weighted by Crippen LogP contribution is -2.21. The summed E-state index contributed by atoms with van der Waals surface area (Å²) in [5.41, 5.74) is 1.54. The van der Waals surface area contributed by atoms with E-state index in [4.69, 9.17) is 11.6 Å². The second kappa shape index (κ2) is 10.4. The number of hydrogen-bond acceptors (Lipinski definition) is 3. The number of aryl methyl sites for hydroxylation is 2. The number of hydrogen-bond donors (Lipinski definition) is 3. The number of benzene rings is 3. The van der Waals surface area contributed by atoms with Gasteiger partial charge in [-0.15, -0.1) is 0 Å². The van der Waals surface area contributed by atoms with Gasteiger partial charge in [-0.05, 0) is 80.1 Å². The highest BCUT2D eigenvalue weighted by atomic mass is 35.5. The molecule has 3 aromatic carbocycles. The highest BCUT2D eigenvalue weighted by Crippen LogP contribution is 2.32. The molecular formula is C26H21ClF3N5O2. The first kappa shape index (κ1) is 25.8. The summed E-state index contributed by atoms with van der Waals surface area (Å²) in [5.74, 6) is -0.436. The summed E-state index contributed by atoms with van der Waals surface area (Å²) in [6.07, 6.45) is -4.64. The molecule has 190 valence electrons. The van der Waals surface area contributed by atoms with Gasteiger partial charge < -0.3 is 16.0 Å². The van der Waals surface area contributed by atoms with Crippen molar-refractivity contribution in [2.75, 3.05) is 16.0 Å². The van der Waals surface area contributed by atoms with E-state index in [-0.39, 0.29) is 17.1 Å². The van der Waals surface area contributed by atoms with Crippen molar-refractivity contribution < 1.29 is 22.8 Å². The summed E-state index contributed by atoms with van der Waals surface area (Å²) in [6, 6.07) is 18.0. The molecule has 0 radical (unpaired) electrons. The molecule has 0 aliphatic carbocycles. The quantitative estimate of drug-likeness (QED) is 0.260. The van der Waals surface area contributed by atoms with E-state index in [0.717, 1.165) is 16.3 Å². The molecule has 1 heterocycles. The summed E-state index contributed by atoms with van der Waals surface area (Å²) < 4.78 is 40.9. The van der Waals surface area contributed by atoms with E-state index in [2.05, 4.69) is 21.0 Å². The van der Waals surface area contributed by atoms with Crippen LogP contribution in [-0.4, -0.2) is 21.7 Å². The monoisotopic (exact) mass is 527 g/mol.